The smallest absolute Gasteiger partial charge is 0.265 e. The Kier molecular flexibility index (Phi) is 6.18. The third-order valence-electron chi connectivity index (χ3n) is 4.85. The van der Waals surface area contributed by atoms with Crippen molar-refractivity contribution in [1.29, 1.82) is 0 Å². The van der Waals surface area contributed by atoms with Crippen molar-refractivity contribution >= 4 is 27.3 Å². The number of carbonyl (C=O) groups is 1. The van der Waals surface area contributed by atoms with Crippen LogP contribution in [-0.2, 0) is 14.8 Å². The van der Waals surface area contributed by atoms with Crippen molar-refractivity contribution in [3.05, 3.63) is 72.8 Å². The molecule has 3 aromatic rings. The number of nitrogens with one attached hydrogen (secondary N) is 1. The average Bonchev–Trinajstić information content (AvgIpc) is 2.82. The Hall–Kier alpha value is -3.72. The third kappa shape index (κ3) is 4.78. The van der Waals surface area contributed by atoms with E-state index in [0.717, 1.165) is 0 Å². The fourth-order valence-electron chi connectivity index (χ4n) is 3.27. The van der Waals surface area contributed by atoms with Crippen LogP contribution in [0, 0.1) is 0 Å². The standard InChI is InChI=1S/C23H22N2O6S/c1-29-19-6-4-5-17(15-19)24-32(27,28)20-11-9-18(10-12-20)31-16-23(26)25-13-14-30-22-8-3-2-7-21(22)25/h2-12,15,24H,13-14,16H2,1H3. The Morgan fingerprint density at radius 2 is 1.81 bits per heavy atom. The lowest BCUT2D eigenvalue weighted by Crippen LogP contribution is -2.40. The summed E-state index contributed by atoms with van der Waals surface area (Å²) in [5.41, 5.74) is 1.10. The van der Waals surface area contributed by atoms with Gasteiger partial charge < -0.3 is 19.1 Å². The maximum atomic E-state index is 12.6. The minimum atomic E-state index is -3.79. The second-order valence-corrected chi connectivity index (χ2v) is 8.64. The first-order chi connectivity index (χ1) is 15.5. The van der Waals surface area contributed by atoms with E-state index >= 15 is 0 Å². The SMILES string of the molecule is COc1cccc(NS(=O)(=O)c2ccc(OCC(=O)N3CCOc4ccccc43)cc2)c1. The summed E-state index contributed by atoms with van der Waals surface area (Å²) in [5, 5.41) is 0. The Morgan fingerprint density at radius 1 is 1.03 bits per heavy atom. The molecule has 3 aromatic carbocycles. The number of sulfonamides is 1. The zero-order chi connectivity index (χ0) is 22.6. The molecule has 0 fully saturated rings. The molecule has 166 valence electrons. The van der Waals surface area contributed by atoms with E-state index < -0.39 is 10.0 Å². The fraction of sp³-hybridized carbons (Fsp3) is 0.174. The van der Waals surface area contributed by atoms with E-state index in [1.165, 1.54) is 31.4 Å². The van der Waals surface area contributed by atoms with Gasteiger partial charge in [0.05, 0.1) is 29.9 Å². The number of anilines is 2. The van der Waals surface area contributed by atoms with Crippen LogP contribution in [0.15, 0.2) is 77.7 Å². The van der Waals surface area contributed by atoms with Gasteiger partial charge in [-0.05, 0) is 48.5 Å². The summed E-state index contributed by atoms with van der Waals surface area (Å²) < 4.78 is 44.0. The van der Waals surface area contributed by atoms with Gasteiger partial charge in [-0.3, -0.25) is 9.52 Å². The summed E-state index contributed by atoms with van der Waals surface area (Å²) in [4.78, 5) is 14.3. The lowest BCUT2D eigenvalue weighted by molar-refractivity contribution is -0.120. The van der Waals surface area contributed by atoms with E-state index in [2.05, 4.69) is 4.72 Å². The third-order valence-corrected chi connectivity index (χ3v) is 6.25. The quantitative estimate of drug-likeness (QED) is 0.589. The van der Waals surface area contributed by atoms with Gasteiger partial charge in [-0.1, -0.05) is 18.2 Å². The molecule has 0 spiro atoms. The number of rotatable bonds is 7. The number of fused-ring (bicyclic) bond motifs is 1. The summed E-state index contributed by atoms with van der Waals surface area (Å²) in [6, 6.07) is 19.8. The zero-order valence-corrected chi connectivity index (χ0v) is 18.2. The van der Waals surface area contributed by atoms with Crippen LogP contribution < -0.4 is 23.8 Å². The molecule has 0 aromatic heterocycles. The van der Waals surface area contributed by atoms with Gasteiger partial charge in [-0.2, -0.15) is 0 Å². The first-order valence-corrected chi connectivity index (χ1v) is 11.4. The van der Waals surface area contributed by atoms with Crippen LogP contribution >= 0.6 is 0 Å². The highest BCUT2D eigenvalue weighted by molar-refractivity contribution is 7.92. The van der Waals surface area contributed by atoms with Crippen molar-refractivity contribution in [1.82, 2.24) is 0 Å². The van der Waals surface area contributed by atoms with E-state index in [-0.39, 0.29) is 17.4 Å². The van der Waals surface area contributed by atoms with Gasteiger partial charge in [0, 0.05) is 6.07 Å². The minimum absolute atomic E-state index is 0.0705. The van der Waals surface area contributed by atoms with Crippen molar-refractivity contribution < 1.29 is 27.4 Å². The number of methoxy groups -OCH3 is 1. The van der Waals surface area contributed by atoms with Crippen molar-refractivity contribution in [3.63, 3.8) is 0 Å². The van der Waals surface area contributed by atoms with Crippen LogP contribution in [0.4, 0.5) is 11.4 Å². The number of ether oxygens (including phenoxy) is 3. The van der Waals surface area contributed by atoms with Gasteiger partial charge in [0.25, 0.3) is 15.9 Å². The van der Waals surface area contributed by atoms with Gasteiger partial charge >= 0.3 is 0 Å². The van der Waals surface area contributed by atoms with Gasteiger partial charge in [0.2, 0.25) is 0 Å². The lowest BCUT2D eigenvalue weighted by Gasteiger charge is -2.29. The normalized spacial score (nSPS) is 13.0. The molecule has 1 aliphatic rings. The molecule has 0 bridgehead atoms. The monoisotopic (exact) mass is 454 g/mol. The van der Waals surface area contributed by atoms with E-state index in [4.69, 9.17) is 14.2 Å². The molecule has 0 saturated heterocycles. The van der Waals surface area contributed by atoms with Crippen molar-refractivity contribution in [2.75, 3.05) is 36.5 Å². The first-order valence-electron chi connectivity index (χ1n) is 9.88. The highest BCUT2D eigenvalue weighted by atomic mass is 32.2. The second-order valence-electron chi connectivity index (χ2n) is 6.96. The molecule has 32 heavy (non-hydrogen) atoms. The number of carbonyl (C=O) groups excluding carboxylic acids is 1. The Morgan fingerprint density at radius 3 is 2.59 bits per heavy atom. The average molecular weight is 455 g/mol. The summed E-state index contributed by atoms with van der Waals surface area (Å²) in [7, 11) is -2.28. The Balaban J connectivity index is 1.39. The summed E-state index contributed by atoms with van der Waals surface area (Å²) >= 11 is 0. The zero-order valence-electron chi connectivity index (χ0n) is 17.4. The molecule has 0 saturated carbocycles. The largest absolute Gasteiger partial charge is 0.497 e. The van der Waals surface area contributed by atoms with Crippen molar-refractivity contribution in [2.24, 2.45) is 0 Å². The molecule has 1 aliphatic heterocycles. The van der Waals surface area contributed by atoms with Crippen LogP contribution in [0.5, 0.6) is 17.2 Å². The molecule has 0 atom stereocenters. The Bertz CT molecular complexity index is 1210. The number of para-hydroxylation sites is 2. The molecular weight excluding hydrogens is 432 g/mol. The number of amides is 1. The van der Waals surface area contributed by atoms with E-state index in [9.17, 15) is 13.2 Å². The number of nitrogens with zero attached hydrogens (tertiary/aromatic N) is 1. The summed E-state index contributed by atoms with van der Waals surface area (Å²) in [6.07, 6.45) is 0. The second kappa shape index (κ2) is 9.19. The number of hydrogen-bond donors (Lipinski definition) is 1. The molecule has 4 rings (SSSR count). The van der Waals surface area contributed by atoms with Gasteiger partial charge in [-0.25, -0.2) is 8.42 Å². The maximum Gasteiger partial charge on any atom is 0.265 e. The van der Waals surface area contributed by atoms with Crippen LogP contribution in [-0.4, -0.2) is 41.2 Å². The minimum Gasteiger partial charge on any atom is -0.497 e. The fourth-order valence-corrected chi connectivity index (χ4v) is 4.32. The summed E-state index contributed by atoms with van der Waals surface area (Å²) in [5.74, 6) is 1.38. The van der Waals surface area contributed by atoms with Gasteiger partial charge in [0.1, 0.15) is 23.9 Å². The molecule has 1 amide bonds. The lowest BCUT2D eigenvalue weighted by atomic mass is 10.2. The molecule has 0 radical (unpaired) electrons. The summed E-state index contributed by atoms with van der Waals surface area (Å²) in [6.45, 7) is 0.671. The van der Waals surface area contributed by atoms with E-state index in [0.29, 0.717) is 41.8 Å². The van der Waals surface area contributed by atoms with Crippen LogP contribution in [0.3, 0.4) is 0 Å². The van der Waals surface area contributed by atoms with Crippen LogP contribution in [0.1, 0.15) is 0 Å². The molecule has 0 unspecified atom stereocenters. The van der Waals surface area contributed by atoms with Crippen molar-refractivity contribution in [2.45, 2.75) is 4.90 Å². The van der Waals surface area contributed by atoms with E-state index in [1.807, 2.05) is 24.3 Å². The molecule has 9 heteroatoms. The highest BCUT2D eigenvalue weighted by Gasteiger charge is 2.23. The van der Waals surface area contributed by atoms with Crippen LogP contribution in [0.25, 0.3) is 0 Å². The van der Waals surface area contributed by atoms with E-state index in [1.54, 1.807) is 29.2 Å². The van der Waals surface area contributed by atoms with Gasteiger partial charge in [0.15, 0.2) is 6.61 Å². The van der Waals surface area contributed by atoms with Gasteiger partial charge in [-0.15, -0.1) is 0 Å². The predicted octanol–water partition coefficient (Wildman–Crippen LogP) is 3.30. The molecular formula is C23H22N2O6S. The molecule has 1 heterocycles. The molecule has 1 N–H and O–H groups in total. The number of benzene rings is 3. The highest BCUT2D eigenvalue weighted by Crippen LogP contribution is 2.31. The Labute approximate surface area is 186 Å². The maximum absolute atomic E-state index is 12.6. The predicted molar refractivity (Wildman–Crippen MR) is 120 cm³/mol. The van der Waals surface area contributed by atoms with Crippen molar-refractivity contribution in [3.8, 4) is 17.2 Å². The first kappa shape index (κ1) is 21.5. The molecule has 8 nitrogen and oxygen atoms in total. The molecule has 0 aliphatic carbocycles. The van der Waals surface area contributed by atoms with Crippen LogP contribution in [0.2, 0.25) is 0 Å². The number of hydrogen-bond acceptors (Lipinski definition) is 6. The topological polar surface area (TPSA) is 94.2 Å².